The molecule has 0 spiro atoms. The molecule has 0 bridgehead atoms. The fraction of sp³-hybridized carbons (Fsp3) is 0.389. The third-order valence-corrected chi connectivity index (χ3v) is 4.19. The minimum atomic E-state index is -0.0771. The number of ether oxygens (including phenoxy) is 1. The van der Waals surface area contributed by atoms with Crippen LogP contribution in [-0.2, 0) is 11.2 Å². The maximum atomic E-state index is 12.6. The molecule has 1 saturated heterocycles. The van der Waals surface area contributed by atoms with Crippen LogP contribution in [0.2, 0.25) is 5.02 Å². The van der Waals surface area contributed by atoms with Crippen LogP contribution in [0, 0.1) is 6.92 Å². The summed E-state index contributed by atoms with van der Waals surface area (Å²) < 4.78 is 5.29. The molecule has 1 fully saturated rings. The fourth-order valence-electron chi connectivity index (χ4n) is 2.70. The van der Waals surface area contributed by atoms with Crippen LogP contribution in [0.1, 0.15) is 21.7 Å². The highest BCUT2D eigenvalue weighted by Gasteiger charge is 2.20. The highest BCUT2D eigenvalue weighted by molar-refractivity contribution is 6.30. The molecule has 1 aromatic carbocycles. The van der Waals surface area contributed by atoms with E-state index in [2.05, 4.69) is 15.3 Å². The number of aromatic nitrogens is 2. The predicted octanol–water partition coefficient (Wildman–Crippen LogP) is 2.57. The number of nitrogens with zero attached hydrogens (tertiary/aromatic N) is 3. The molecule has 6 nitrogen and oxygen atoms in total. The third-order valence-electron chi connectivity index (χ3n) is 3.96. The molecular formula is C18H21ClN4O2. The lowest BCUT2D eigenvalue weighted by atomic mass is 10.1. The lowest BCUT2D eigenvalue weighted by Crippen LogP contribution is -2.41. The number of nitrogens with one attached hydrogen (secondary N) is 1. The Hall–Kier alpha value is -2.18. The van der Waals surface area contributed by atoms with Crippen molar-refractivity contribution in [2.24, 2.45) is 0 Å². The zero-order valence-corrected chi connectivity index (χ0v) is 14.9. The van der Waals surface area contributed by atoms with E-state index in [0.717, 1.165) is 22.7 Å². The Morgan fingerprint density at radius 2 is 2.08 bits per heavy atom. The van der Waals surface area contributed by atoms with Crippen molar-refractivity contribution in [2.45, 2.75) is 13.3 Å². The summed E-state index contributed by atoms with van der Waals surface area (Å²) in [6.07, 6.45) is 0.796. The Bertz CT molecular complexity index is 748. The minimum Gasteiger partial charge on any atom is -0.378 e. The zero-order chi connectivity index (χ0) is 17.6. The number of benzene rings is 1. The van der Waals surface area contributed by atoms with E-state index >= 15 is 0 Å². The van der Waals surface area contributed by atoms with Gasteiger partial charge in [0.15, 0.2) is 0 Å². The molecule has 2 heterocycles. The van der Waals surface area contributed by atoms with Crippen LogP contribution in [0.4, 0.5) is 5.95 Å². The molecule has 132 valence electrons. The average molecular weight is 361 g/mol. The number of rotatable bonds is 5. The fourth-order valence-corrected chi connectivity index (χ4v) is 2.91. The number of aryl methyl sites for hydroxylation is 1. The van der Waals surface area contributed by atoms with E-state index in [1.165, 1.54) is 0 Å². The van der Waals surface area contributed by atoms with Crippen molar-refractivity contribution >= 4 is 23.5 Å². The van der Waals surface area contributed by atoms with Gasteiger partial charge in [-0.05, 0) is 37.1 Å². The van der Waals surface area contributed by atoms with Gasteiger partial charge in [0.25, 0.3) is 5.91 Å². The Kier molecular flexibility index (Phi) is 5.83. The Morgan fingerprint density at radius 3 is 2.84 bits per heavy atom. The van der Waals surface area contributed by atoms with Crippen LogP contribution in [0.5, 0.6) is 0 Å². The molecular weight excluding hydrogens is 340 g/mol. The summed E-state index contributed by atoms with van der Waals surface area (Å²) in [5.74, 6) is 0.394. The van der Waals surface area contributed by atoms with Crippen molar-refractivity contribution in [1.82, 2.24) is 14.9 Å². The molecule has 0 atom stereocenters. The first kappa shape index (κ1) is 17.6. The van der Waals surface area contributed by atoms with Gasteiger partial charge >= 0.3 is 0 Å². The summed E-state index contributed by atoms with van der Waals surface area (Å²) >= 11 is 5.99. The van der Waals surface area contributed by atoms with Crippen molar-refractivity contribution in [1.29, 1.82) is 0 Å². The number of morpholine rings is 1. The average Bonchev–Trinajstić information content (AvgIpc) is 2.61. The molecule has 1 aliphatic heterocycles. The van der Waals surface area contributed by atoms with Gasteiger partial charge in [0.1, 0.15) is 5.69 Å². The summed E-state index contributed by atoms with van der Waals surface area (Å²) in [6.45, 7) is 4.86. The monoisotopic (exact) mass is 360 g/mol. The van der Waals surface area contributed by atoms with E-state index in [9.17, 15) is 4.79 Å². The second-order valence-electron chi connectivity index (χ2n) is 5.93. The summed E-state index contributed by atoms with van der Waals surface area (Å²) in [7, 11) is 0. The smallest absolute Gasteiger partial charge is 0.272 e. The van der Waals surface area contributed by atoms with Crippen LogP contribution >= 0.6 is 11.6 Å². The maximum absolute atomic E-state index is 12.6. The zero-order valence-electron chi connectivity index (χ0n) is 14.2. The molecule has 0 aliphatic carbocycles. The molecule has 1 amide bonds. The number of hydrogen-bond acceptors (Lipinski definition) is 5. The molecule has 2 aromatic rings. The molecule has 0 radical (unpaired) electrons. The normalized spacial score (nSPS) is 14.4. The van der Waals surface area contributed by atoms with E-state index < -0.39 is 0 Å². The van der Waals surface area contributed by atoms with Gasteiger partial charge < -0.3 is 15.0 Å². The Labute approximate surface area is 152 Å². The number of amides is 1. The summed E-state index contributed by atoms with van der Waals surface area (Å²) in [4.78, 5) is 23.1. The molecule has 0 unspecified atom stereocenters. The Balaban J connectivity index is 1.63. The van der Waals surface area contributed by atoms with Gasteiger partial charge in [-0.25, -0.2) is 9.97 Å². The van der Waals surface area contributed by atoms with Crippen molar-refractivity contribution in [3.05, 3.63) is 52.3 Å². The van der Waals surface area contributed by atoms with Crippen LogP contribution in [0.15, 0.2) is 30.3 Å². The van der Waals surface area contributed by atoms with E-state index in [1.54, 1.807) is 11.0 Å². The lowest BCUT2D eigenvalue weighted by Gasteiger charge is -2.26. The van der Waals surface area contributed by atoms with E-state index in [-0.39, 0.29) is 5.91 Å². The maximum Gasteiger partial charge on any atom is 0.272 e. The van der Waals surface area contributed by atoms with E-state index in [4.69, 9.17) is 16.3 Å². The van der Waals surface area contributed by atoms with Gasteiger partial charge in [0.2, 0.25) is 5.95 Å². The van der Waals surface area contributed by atoms with Crippen molar-refractivity contribution in [3.8, 4) is 0 Å². The van der Waals surface area contributed by atoms with Gasteiger partial charge in [0.05, 0.1) is 13.2 Å². The van der Waals surface area contributed by atoms with Crippen LogP contribution in [0.25, 0.3) is 0 Å². The highest BCUT2D eigenvalue weighted by Crippen LogP contribution is 2.12. The topological polar surface area (TPSA) is 67.4 Å². The summed E-state index contributed by atoms with van der Waals surface area (Å²) in [5, 5.41) is 3.92. The summed E-state index contributed by atoms with van der Waals surface area (Å²) in [6, 6.07) is 9.47. The minimum absolute atomic E-state index is 0.0771. The first-order valence-corrected chi connectivity index (χ1v) is 8.70. The third kappa shape index (κ3) is 4.90. The second-order valence-corrected chi connectivity index (χ2v) is 6.37. The number of anilines is 1. The van der Waals surface area contributed by atoms with Crippen molar-refractivity contribution in [2.75, 3.05) is 38.2 Å². The molecule has 7 heteroatoms. The molecule has 3 rings (SSSR count). The van der Waals surface area contributed by atoms with Gasteiger partial charge in [0, 0.05) is 30.4 Å². The second kappa shape index (κ2) is 8.27. The predicted molar refractivity (Wildman–Crippen MR) is 97.1 cm³/mol. The molecule has 1 aromatic heterocycles. The lowest BCUT2D eigenvalue weighted by molar-refractivity contribution is 0.0299. The molecule has 1 N–H and O–H groups in total. The van der Waals surface area contributed by atoms with Gasteiger partial charge in [-0.2, -0.15) is 0 Å². The van der Waals surface area contributed by atoms with Crippen LogP contribution in [-0.4, -0.2) is 53.6 Å². The van der Waals surface area contributed by atoms with Crippen molar-refractivity contribution < 1.29 is 9.53 Å². The number of carbonyl (C=O) groups excluding carboxylic acids is 1. The van der Waals surface area contributed by atoms with Crippen LogP contribution in [0.3, 0.4) is 0 Å². The number of halogens is 1. The number of hydrogen-bond donors (Lipinski definition) is 1. The highest BCUT2D eigenvalue weighted by atomic mass is 35.5. The first-order valence-electron chi connectivity index (χ1n) is 8.33. The quantitative estimate of drug-likeness (QED) is 0.887. The van der Waals surface area contributed by atoms with Gasteiger partial charge in [-0.15, -0.1) is 0 Å². The molecule has 0 saturated carbocycles. The largest absolute Gasteiger partial charge is 0.378 e. The SMILES string of the molecule is Cc1cc(C(=O)N2CCOCC2)nc(NCCc2cccc(Cl)c2)n1. The van der Waals surface area contributed by atoms with E-state index in [0.29, 0.717) is 44.5 Å². The van der Waals surface area contributed by atoms with Crippen molar-refractivity contribution in [3.63, 3.8) is 0 Å². The van der Waals surface area contributed by atoms with Crippen LogP contribution < -0.4 is 5.32 Å². The first-order chi connectivity index (χ1) is 12.1. The summed E-state index contributed by atoms with van der Waals surface area (Å²) in [5.41, 5.74) is 2.31. The molecule has 1 aliphatic rings. The van der Waals surface area contributed by atoms with E-state index in [1.807, 2.05) is 31.2 Å². The van der Waals surface area contributed by atoms with Gasteiger partial charge in [-0.3, -0.25) is 4.79 Å². The Morgan fingerprint density at radius 1 is 1.28 bits per heavy atom. The number of carbonyl (C=O) groups is 1. The van der Waals surface area contributed by atoms with Gasteiger partial charge in [-0.1, -0.05) is 23.7 Å². The standard InChI is InChI=1S/C18H21ClN4O2/c1-13-11-16(17(24)23-7-9-25-10-8-23)22-18(21-13)20-6-5-14-3-2-4-15(19)12-14/h2-4,11-12H,5-10H2,1H3,(H,20,21,22). The molecule has 25 heavy (non-hydrogen) atoms.